The van der Waals surface area contributed by atoms with Crippen molar-refractivity contribution in [1.82, 2.24) is 4.72 Å². The van der Waals surface area contributed by atoms with E-state index in [1.165, 1.54) is 0 Å². The third-order valence-electron chi connectivity index (χ3n) is 3.00. The molecular formula is C11H21NO5S. The van der Waals surface area contributed by atoms with Crippen LogP contribution in [0.2, 0.25) is 0 Å². The molecule has 106 valence electrons. The molecule has 1 heterocycles. The summed E-state index contributed by atoms with van der Waals surface area (Å²) >= 11 is 0. The Bertz CT molecular complexity index is 362. The van der Waals surface area contributed by atoms with Crippen molar-refractivity contribution in [3.63, 3.8) is 0 Å². The minimum Gasteiger partial charge on any atom is -0.481 e. The van der Waals surface area contributed by atoms with Crippen LogP contribution in [0.15, 0.2) is 0 Å². The number of carbonyl (C=O) groups is 1. The molecule has 0 aliphatic carbocycles. The largest absolute Gasteiger partial charge is 0.481 e. The van der Waals surface area contributed by atoms with E-state index >= 15 is 0 Å². The lowest BCUT2D eigenvalue weighted by Gasteiger charge is -2.25. The molecule has 1 aliphatic heterocycles. The highest BCUT2D eigenvalue weighted by Crippen LogP contribution is 2.16. The van der Waals surface area contributed by atoms with Crippen molar-refractivity contribution in [2.45, 2.75) is 50.3 Å². The fraction of sp³-hybridized carbons (Fsp3) is 0.909. The van der Waals surface area contributed by atoms with Crippen LogP contribution in [0.3, 0.4) is 0 Å². The Morgan fingerprint density at radius 3 is 2.56 bits per heavy atom. The van der Waals surface area contributed by atoms with Gasteiger partial charge in [0.15, 0.2) is 0 Å². The average Bonchev–Trinajstić information content (AvgIpc) is 2.29. The molecule has 1 fully saturated rings. The summed E-state index contributed by atoms with van der Waals surface area (Å²) < 4.78 is 31.8. The van der Waals surface area contributed by atoms with Crippen LogP contribution in [-0.4, -0.2) is 44.0 Å². The van der Waals surface area contributed by atoms with Crippen LogP contribution >= 0.6 is 0 Å². The van der Waals surface area contributed by atoms with E-state index in [4.69, 9.17) is 9.84 Å². The Balaban J connectivity index is 2.62. The van der Waals surface area contributed by atoms with Crippen LogP contribution < -0.4 is 4.72 Å². The Hall–Kier alpha value is -0.660. The second kappa shape index (κ2) is 7.06. The van der Waals surface area contributed by atoms with Crippen molar-refractivity contribution >= 4 is 16.0 Å². The fourth-order valence-electron chi connectivity index (χ4n) is 2.08. The standard InChI is InChI=1S/C11H21NO5S/c1-2-3-9(8-11(13)14)12-18(15,16)10-4-6-17-7-5-10/h9-10,12H,2-8H2,1H3,(H,13,14). The molecule has 1 unspecified atom stereocenters. The zero-order chi connectivity index (χ0) is 13.6. The topological polar surface area (TPSA) is 92.7 Å². The minimum absolute atomic E-state index is 0.170. The molecule has 2 N–H and O–H groups in total. The van der Waals surface area contributed by atoms with Crippen LogP contribution in [-0.2, 0) is 19.6 Å². The van der Waals surface area contributed by atoms with Gasteiger partial charge in [0.25, 0.3) is 0 Å². The summed E-state index contributed by atoms with van der Waals surface area (Å²) in [4.78, 5) is 10.7. The van der Waals surface area contributed by atoms with Crippen LogP contribution in [0.5, 0.6) is 0 Å². The van der Waals surface area contributed by atoms with Gasteiger partial charge in [-0.3, -0.25) is 4.79 Å². The quantitative estimate of drug-likeness (QED) is 0.716. The number of sulfonamides is 1. The molecule has 1 atom stereocenters. The van der Waals surface area contributed by atoms with Crippen molar-refractivity contribution in [2.75, 3.05) is 13.2 Å². The Morgan fingerprint density at radius 1 is 1.44 bits per heavy atom. The number of hydrogen-bond donors (Lipinski definition) is 2. The van der Waals surface area contributed by atoms with Crippen LogP contribution in [0.25, 0.3) is 0 Å². The summed E-state index contributed by atoms with van der Waals surface area (Å²) in [5, 5.41) is 8.30. The van der Waals surface area contributed by atoms with Gasteiger partial charge in [-0.05, 0) is 19.3 Å². The normalized spacial score (nSPS) is 19.6. The summed E-state index contributed by atoms with van der Waals surface area (Å²) in [6.45, 7) is 2.80. The van der Waals surface area contributed by atoms with Gasteiger partial charge in [-0.2, -0.15) is 0 Å². The zero-order valence-corrected chi connectivity index (χ0v) is 11.4. The van der Waals surface area contributed by atoms with Crippen molar-refractivity contribution in [1.29, 1.82) is 0 Å². The smallest absolute Gasteiger partial charge is 0.304 e. The lowest BCUT2D eigenvalue weighted by atomic mass is 10.1. The predicted molar refractivity (Wildman–Crippen MR) is 66.8 cm³/mol. The number of aliphatic carboxylic acids is 1. The van der Waals surface area contributed by atoms with E-state index in [9.17, 15) is 13.2 Å². The van der Waals surface area contributed by atoms with Gasteiger partial charge in [-0.25, -0.2) is 13.1 Å². The second-order valence-electron chi connectivity index (χ2n) is 4.56. The van der Waals surface area contributed by atoms with E-state index in [2.05, 4.69) is 4.72 Å². The van der Waals surface area contributed by atoms with E-state index in [0.29, 0.717) is 32.5 Å². The molecule has 0 amide bonds. The summed E-state index contributed by atoms with van der Waals surface area (Å²) in [6.07, 6.45) is 2.06. The lowest BCUT2D eigenvalue weighted by Crippen LogP contribution is -2.43. The first-order chi connectivity index (χ1) is 8.45. The van der Waals surface area contributed by atoms with Crippen molar-refractivity contribution in [3.05, 3.63) is 0 Å². The number of carboxylic acid groups (broad SMARTS) is 1. The van der Waals surface area contributed by atoms with Crippen LogP contribution in [0, 0.1) is 0 Å². The second-order valence-corrected chi connectivity index (χ2v) is 6.55. The van der Waals surface area contributed by atoms with E-state index in [1.54, 1.807) is 0 Å². The third-order valence-corrected chi connectivity index (χ3v) is 5.01. The van der Waals surface area contributed by atoms with Gasteiger partial charge in [0.2, 0.25) is 10.0 Å². The Kier molecular flexibility index (Phi) is 6.04. The molecule has 1 rings (SSSR count). The molecule has 1 saturated heterocycles. The molecule has 1 aliphatic rings. The molecule has 0 aromatic carbocycles. The van der Waals surface area contributed by atoms with Crippen molar-refractivity contribution in [2.24, 2.45) is 0 Å². The van der Waals surface area contributed by atoms with Crippen LogP contribution in [0.1, 0.15) is 39.0 Å². The van der Waals surface area contributed by atoms with Gasteiger partial charge in [0, 0.05) is 19.3 Å². The van der Waals surface area contributed by atoms with E-state index < -0.39 is 27.3 Å². The minimum atomic E-state index is -3.44. The summed E-state index contributed by atoms with van der Waals surface area (Å²) in [5.41, 5.74) is 0. The van der Waals surface area contributed by atoms with Gasteiger partial charge in [0.05, 0.1) is 11.7 Å². The van der Waals surface area contributed by atoms with Crippen LogP contribution in [0.4, 0.5) is 0 Å². The van der Waals surface area contributed by atoms with Gasteiger partial charge in [-0.1, -0.05) is 13.3 Å². The van der Waals surface area contributed by atoms with Crippen molar-refractivity contribution in [3.8, 4) is 0 Å². The monoisotopic (exact) mass is 279 g/mol. The van der Waals surface area contributed by atoms with Gasteiger partial charge in [0.1, 0.15) is 0 Å². The Morgan fingerprint density at radius 2 is 2.06 bits per heavy atom. The highest BCUT2D eigenvalue weighted by atomic mass is 32.2. The number of ether oxygens (including phenoxy) is 1. The molecule has 0 aromatic heterocycles. The predicted octanol–water partition coefficient (Wildman–Crippen LogP) is 0.728. The van der Waals surface area contributed by atoms with E-state index in [1.807, 2.05) is 6.92 Å². The summed E-state index contributed by atoms with van der Waals surface area (Å²) in [6, 6.07) is -0.514. The first-order valence-electron chi connectivity index (χ1n) is 6.26. The number of nitrogens with one attached hydrogen (secondary N) is 1. The maximum absolute atomic E-state index is 12.1. The molecule has 0 saturated carbocycles. The SMILES string of the molecule is CCCC(CC(=O)O)NS(=O)(=O)C1CCOCC1. The van der Waals surface area contributed by atoms with Gasteiger partial charge in [-0.15, -0.1) is 0 Å². The third kappa shape index (κ3) is 4.91. The van der Waals surface area contributed by atoms with E-state index in [-0.39, 0.29) is 6.42 Å². The van der Waals surface area contributed by atoms with Gasteiger partial charge >= 0.3 is 5.97 Å². The maximum Gasteiger partial charge on any atom is 0.304 e. The Labute approximate surface area is 108 Å². The molecule has 0 spiro atoms. The maximum atomic E-state index is 12.1. The fourth-order valence-corrected chi connectivity index (χ4v) is 3.75. The molecular weight excluding hydrogens is 258 g/mol. The zero-order valence-electron chi connectivity index (χ0n) is 10.6. The number of hydrogen-bond acceptors (Lipinski definition) is 4. The molecule has 0 aromatic rings. The highest BCUT2D eigenvalue weighted by Gasteiger charge is 2.30. The first-order valence-corrected chi connectivity index (χ1v) is 7.81. The molecule has 0 bridgehead atoms. The molecule has 7 heteroatoms. The molecule has 0 radical (unpaired) electrons. The summed E-state index contributed by atoms with van der Waals surface area (Å²) in [7, 11) is -3.44. The average molecular weight is 279 g/mol. The lowest BCUT2D eigenvalue weighted by molar-refractivity contribution is -0.137. The highest BCUT2D eigenvalue weighted by molar-refractivity contribution is 7.90. The number of rotatable bonds is 7. The number of carboxylic acids is 1. The van der Waals surface area contributed by atoms with Crippen molar-refractivity contribution < 1.29 is 23.1 Å². The van der Waals surface area contributed by atoms with E-state index in [0.717, 1.165) is 6.42 Å². The first kappa shape index (κ1) is 15.4. The molecule has 6 nitrogen and oxygen atoms in total. The molecule has 18 heavy (non-hydrogen) atoms. The summed E-state index contributed by atoms with van der Waals surface area (Å²) in [5.74, 6) is -0.983. The van der Waals surface area contributed by atoms with Gasteiger partial charge < -0.3 is 9.84 Å².